The maximum atomic E-state index is 12.2. The second-order valence-corrected chi connectivity index (χ2v) is 5.09. The molecule has 1 heterocycles. The van der Waals surface area contributed by atoms with Crippen LogP contribution in [0.4, 0.5) is 5.69 Å². The number of anilines is 1. The number of carbonyl (C=O) groups excluding carboxylic acids is 1. The van der Waals surface area contributed by atoms with E-state index >= 15 is 0 Å². The predicted octanol–water partition coefficient (Wildman–Crippen LogP) is 1.48. The van der Waals surface area contributed by atoms with Gasteiger partial charge in [-0.25, -0.2) is 0 Å². The number of hydrogen-bond acceptors (Lipinski definition) is 5. The van der Waals surface area contributed by atoms with Crippen molar-refractivity contribution in [3.8, 4) is 11.4 Å². The third-order valence-corrected chi connectivity index (χ3v) is 2.84. The third kappa shape index (κ3) is 3.18. The van der Waals surface area contributed by atoms with E-state index in [1.165, 1.54) is 0 Å². The summed E-state index contributed by atoms with van der Waals surface area (Å²) in [5.41, 5.74) is 0.860. The zero-order valence-electron chi connectivity index (χ0n) is 11.7. The molecule has 0 saturated carbocycles. The van der Waals surface area contributed by atoms with Gasteiger partial charge in [-0.15, -0.1) is 10.2 Å². The molecule has 0 saturated heterocycles. The van der Waals surface area contributed by atoms with E-state index in [0.29, 0.717) is 18.1 Å². The van der Waals surface area contributed by atoms with Crippen LogP contribution in [-0.2, 0) is 9.53 Å². The van der Waals surface area contributed by atoms with Crippen molar-refractivity contribution >= 4 is 11.6 Å². The average Bonchev–Trinajstić information content (AvgIpc) is 2.93. The van der Waals surface area contributed by atoms with Crippen LogP contribution in [0, 0.1) is 5.41 Å². The molecule has 1 aromatic carbocycles. The highest BCUT2D eigenvalue weighted by Gasteiger charge is 2.27. The fourth-order valence-corrected chi connectivity index (χ4v) is 1.75. The fraction of sp³-hybridized carbons (Fsp3) is 0.385. The van der Waals surface area contributed by atoms with Crippen LogP contribution in [-0.4, -0.2) is 40.2 Å². The summed E-state index contributed by atoms with van der Waals surface area (Å²) in [7, 11) is 1.58. The number of rotatable bonds is 5. The first-order valence-corrected chi connectivity index (χ1v) is 6.17. The Bertz CT molecular complexity index is 580. The number of H-pyrrole nitrogens is 1. The minimum absolute atomic E-state index is 0.107. The quantitative estimate of drug-likeness (QED) is 0.862. The molecule has 2 aromatic rings. The molecule has 20 heavy (non-hydrogen) atoms. The van der Waals surface area contributed by atoms with E-state index in [1.54, 1.807) is 13.2 Å². The van der Waals surface area contributed by atoms with E-state index in [2.05, 4.69) is 25.9 Å². The van der Waals surface area contributed by atoms with E-state index in [4.69, 9.17) is 4.74 Å². The fourth-order valence-electron chi connectivity index (χ4n) is 1.75. The molecular weight excluding hydrogens is 258 g/mol. The molecule has 1 amide bonds. The Morgan fingerprint density at radius 1 is 1.45 bits per heavy atom. The predicted molar refractivity (Wildman–Crippen MR) is 73.9 cm³/mol. The van der Waals surface area contributed by atoms with Crippen LogP contribution in [0.5, 0.6) is 0 Å². The van der Waals surface area contributed by atoms with Gasteiger partial charge in [-0.05, 0) is 31.2 Å². The molecule has 2 rings (SSSR count). The van der Waals surface area contributed by atoms with Crippen molar-refractivity contribution < 1.29 is 9.53 Å². The van der Waals surface area contributed by atoms with Gasteiger partial charge < -0.3 is 10.1 Å². The molecule has 0 radical (unpaired) electrons. The first kappa shape index (κ1) is 14.1. The summed E-state index contributed by atoms with van der Waals surface area (Å²) in [5, 5.41) is 16.6. The molecule has 0 fully saturated rings. The van der Waals surface area contributed by atoms with Crippen LogP contribution in [0.15, 0.2) is 24.3 Å². The number of methoxy groups -OCH3 is 1. The molecule has 0 aliphatic rings. The van der Waals surface area contributed by atoms with E-state index in [1.807, 2.05) is 32.0 Å². The zero-order chi connectivity index (χ0) is 14.6. The Labute approximate surface area is 116 Å². The monoisotopic (exact) mass is 275 g/mol. The van der Waals surface area contributed by atoms with E-state index in [0.717, 1.165) is 5.56 Å². The van der Waals surface area contributed by atoms with Gasteiger partial charge in [-0.1, -0.05) is 12.1 Å². The highest BCUT2D eigenvalue weighted by molar-refractivity contribution is 5.95. The van der Waals surface area contributed by atoms with Crippen molar-refractivity contribution in [1.29, 1.82) is 0 Å². The summed E-state index contributed by atoms with van der Waals surface area (Å²) in [4.78, 5) is 12.2. The molecule has 0 aliphatic heterocycles. The Hall–Kier alpha value is -2.28. The Morgan fingerprint density at radius 2 is 2.25 bits per heavy atom. The van der Waals surface area contributed by atoms with Gasteiger partial charge in [0.25, 0.3) is 0 Å². The van der Waals surface area contributed by atoms with Gasteiger partial charge in [0.2, 0.25) is 11.7 Å². The minimum atomic E-state index is -0.600. The smallest absolute Gasteiger partial charge is 0.232 e. The number of benzene rings is 1. The summed E-state index contributed by atoms with van der Waals surface area (Å²) in [5.74, 6) is 0.377. The molecule has 7 heteroatoms. The lowest BCUT2D eigenvalue weighted by atomic mass is 9.93. The number of hydrogen-bond donors (Lipinski definition) is 2. The molecular formula is C13H17N5O2. The second kappa shape index (κ2) is 5.79. The summed E-state index contributed by atoms with van der Waals surface area (Å²) in [6.07, 6.45) is 0. The van der Waals surface area contributed by atoms with Gasteiger partial charge in [0, 0.05) is 18.4 Å². The Kier molecular flexibility index (Phi) is 4.09. The van der Waals surface area contributed by atoms with Crippen molar-refractivity contribution in [2.45, 2.75) is 13.8 Å². The number of aromatic amines is 1. The van der Waals surface area contributed by atoms with Gasteiger partial charge in [0.05, 0.1) is 12.0 Å². The molecule has 0 aliphatic carbocycles. The number of amides is 1. The van der Waals surface area contributed by atoms with Crippen LogP contribution < -0.4 is 5.32 Å². The maximum Gasteiger partial charge on any atom is 0.232 e. The summed E-state index contributed by atoms with van der Waals surface area (Å²) in [6, 6.07) is 7.28. The lowest BCUT2D eigenvalue weighted by molar-refractivity contribution is -0.126. The van der Waals surface area contributed by atoms with Crippen molar-refractivity contribution in [3.63, 3.8) is 0 Å². The van der Waals surface area contributed by atoms with Crippen LogP contribution in [0.25, 0.3) is 11.4 Å². The molecule has 2 N–H and O–H groups in total. The van der Waals surface area contributed by atoms with Gasteiger partial charge in [0.15, 0.2) is 0 Å². The normalized spacial score (nSPS) is 11.3. The largest absolute Gasteiger partial charge is 0.384 e. The number of carbonyl (C=O) groups is 1. The topological polar surface area (TPSA) is 92.8 Å². The number of ether oxygens (including phenoxy) is 1. The number of tetrazole rings is 1. The van der Waals surface area contributed by atoms with Gasteiger partial charge in [-0.3, -0.25) is 4.79 Å². The molecule has 0 bridgehead atoms. The first-order chi connectivity index (χ1) is 9.53. The molecule has 1 aromatic heterocycles. The molecule has 7 nitrogen and oxygen atoms in total. The lowest BCUT2D eigenvalue weighted by Gasteiger charge is -2.22. The third-order valence-electron chi connectivity index (χ3n) is 2.84. The van der Waals surface area contributed by atoms with E-state index < -0.39 is 5.41 Å². The number of nitrogens with zero attached hydrogens (tertiary/aromatic N) is 3. The maximum absolute atomic E-state index is 12.2. The van der Waals surface area contributed by atoms with Crippen LogP contribution >= 0.6 is 0 Å². The van der Waals surface area contributed by atoms with Gasteiger partial charge in [-0.2, -0.15) is 5.21 Å². The van der Waals surface area contributed by atoms with Crippen molar-refractivity contribution in [2.24, 2.45) is 5.41 Å². The van der Waals surface area contributed by atoms with Crippen LogP contribution in [0.2, 0.25) is 0 Å². The van der Waals surface area contributed by atoms with Gasteiger partial charge in [0.1, 0.15) is 0 Å². The Morgan fingerprint density at radius 3 is 2.90 bits per heavy atom. The summed E-state index contributed by atoms with van der Waals surface area (Å²) >= 11 is 0. The van der Waals surface area contributed by atoms with E-state index in [-0.39, 0.29) is 5.91 Å². The molecule has 0 unspecified atom stereocenters. The highest BCUT2D eigenvalue weighted by Crippen LogP contribution is 2.22. The molecule has 0 spiro atoms. The Balaban J connectivity index is 2.14. The van der Waals surface area contributed by atoms with Crippen LogP contribution in [0.3, 0.4) is 0 Å². The SMILES string of the molecule is COCC(C)(C)C(=O)Nc1cccc(-c2nn[nH]n2)c1. The average molecular weight is 275 g/mol. The highest BCUT2D eigenvalue weighted by atomic mass is 16.5. The van der Waals surface area contributed by atoms with Crippen molar-refractivity contribution in [1.82, 2.24) is 20.6 Å². The van der Waals surface area contributed by atoms with Gasteiger partial charge >= 0.3 is 0 Å². The summed E-state index contributed by atoms with van der Waals surface area (Å²) in [6.45, 7) is 4.01. The first-order valence-electron chi connectivity index (χ1n) is 6.17. The van der Waals surface area contributed by atoms with E-state index in [9.17, 15) is 4.79 Å². The number of nitrogens with one attached hydrogen (secondary N) is 2. The number of aromatic nitrogens is 4. The zero-order valence-corrected chi connectivity index (χ0v) is 11.7. The lowest BCUT2D eigenvalue weighted by Crippen LogP contribution is -2.34. The minimum Gasteiger partial charge on any atom is -0.384 e. The van der Waals surface area contributed by atoms with Crippen molar-refractivity contribution in [3.05, 3.63) is 24.3 Å². The van der Waals surface area contributed by atoms with Crippen molar-refractivity contribution in [2.75, 3.05) is 19.0 Å². The molecule has 0 atom stereocenters. The van der Waals surface area contributed by atoms with Crippen LogP contribution in [0.1, 0.15) is 13.8 Å². The summed E-state index contributed by atoms with van der Waals surface area (Å²) < 4.78 is 5.05. The molecule has 106 valence electrons. The second-order valence-electron chi connectivity index (χ2n) is 5.09. The standard InChI is InChI=1S/C13H17N5O2/c1-13(2,8-20-3)12(19)14-10-6-4-5-9(7-10)11-15-17-18-16-11/h4-7H,8H2,1-3H3,(H,14,19)(H,15,16,17,18).